The number of nitrogens with two attached hydrogens (primary N) is 1. The van der Waals surface area contributed by atoms with Gasteiger partial charge in [0, 0.05) is 0 Å². The number of hydrazone groups is 1. The molecule has 70 valence electrons. The van der Waals surface area contributed by atoms with Crippen molar-refractivity contribution < 1.29 is 14.3 Å². The summed E-state index contributed by atoms with van der Waals surface area (Å²) >= 11 is 0. The molecule has 0 atom stereocenters. The van der Waals surface area contributed by atoms with Crippen molar-refractivity contribution in [2.24, 2.45) is 10.9 Å². The lowest BCUT2D eigenvalue weighted by atomic mass is 10.4. The number of amides is 2. The van der Waals surface area contributed by atoms with E-state index in [0.717, 1.165) is 0 Å². The minimum atomic E-state index is -0.983. The van der Waals surface area contributed by atoms with Crippen LogP contribution in [-0.2, 0) is 9.53 Å². The summed E-state index contributed by atoms with van der Waals surface area (Å²) in [5.74, 6) is 3.70. The second-order valence-corrected chi connectivity index (χ2v) is 1.76. The first-order valence-electron chi connectivity index (χ1n) is 3.31. The van der Waals surface area contributed by atoms with Gasteiger partial charge in [-0.1, -0.05) is 0 Å². The smallest absolute Gasteiger partial charge is 0.414 e. The third kappa shape index (κ3) is 3.71. The Kier molecular flexibility index (Phi) is 4.64. The highest BCUT2D eigenvalue weighted by Crippen LogP contribution is 1.79. The van der Waals surface area contributed by atoms with Gasteiger partial charge in [-0.05, 0) is 6.92 Å². The molecule has 0 saturated carbocycles. The molecule has 0 aromatic carbocycles. The van der Waals surface area contributed by atoms with Crippen LogP contribution in [0, 0.1) is 11.3 Å². The van der Waals surface area contributed by atoms with Gasteiger partial charge in [-0.25, -0.2) is 4.79 Å². The summed E-state index contributed by atoms with van der Waals surface area (Å²) in [5, 5.41) is 12.9. The minimum absolute atomic E-state index is 0.126. The van der Waals surface area contributed by atoms with Crippen molar-refractivity contribution in [2.45, 2.75) is 6.92 Å². The molecule has 0 aromatic heterocycles. The normalized spacial score (nSPS) is 10.0. The molecule has 0 aromatic rings. The van der Waals surface area contributed by atoms with E-state index in [4.69, 9.17) is 5.26 Å². The Morgan fingerprint density at radius 3 is 2.69 bits per heavy atom. The van der Waals surface area contributed by atoms with Crippen molar-refractivity contribution in [3.05, 3.63) is 0 Å². The monoisotopic (exact) mass is 184 g/mol. The van der Waals surface area contributed by atoms with E-state index in [0.29, 0.717) is 0 Å². The average Bonchev–Trinajstić information content (AvgIpc) is 2.06. The Balaban J connectivity index is 4.17. The Labute approximate surface area is 74.1 Å². The molecule has 7 heteroatoms. The molecule has 0 aliphatic rings. The third-order valence-electron chi connectivity index (χ3n) is 0.941. The van der Waals surface area contributed by atoms with Crippen LogP contribution in [0.1, 0.15) is 6.92 Å². The molecule has 13 heavy (non-hydrogen) atoms. The lowest BCUT2D eigenvalue weighted by Gasteiger charge is -2.00. The standard InChI is InChI=1S/C6H8N4O3/c1-2-13-6(12)9-5(11)4(3-7)10-8/h2,8H2,1H3,(H,9,11,12). The van der Waals surface area contributed by atoms with Gasteiger partial charge in [-0.2, -0.15) is 10.4 Å². The number of hydrogen-bond acceptors (Lipinski definition) is 6. The predicted molar refractivity (Wildman–Crippen MR) is 42.4 cm³/mol. The summed E-state index contributed by atoms with van der Waals surface area (Å²) in [7, 11) is 0. The Bertz CT molecular complexity index is 278. The van der Waals surface area contributed by atoms with Crippen molar-refractivity contribution in [1.29, 1.82) is 5.26 Å². The van der Waals surface area contributed by atoms with E-state index in [1.54, 1.807) is 12.2 Å². The maximum absolute atomic E-state index is 10.8. The highest BCUT2D eigenvalue weighted by molar-refractivity contribution is 6.46. The molecule has 0 aliphatic heterocycles. The van der Waals surface area contributed by atoms with Crippen LogP contribution < -0.4 is 11.2 Å². The lowest BCUT2D eigenvalue weighted by Crippen LogP contribution is -2.36. The third-order valence-corrected chi connectivity index (χ3v) is 0.941. The molecule has 0 heterocycles. The number of ether oxygens (including phenoxy) is 1. The van der Waals surface area contributed by atoms with E-state index in [9.17, 15) is 9.59 Å². The van der Waals surface area contributed by atoms with E-state index in [1.807, 2.05) is 0 Å². The number of alkyl carbamates (subject to hydrolysis) is 1. The molecule has 0 unspecified atom stereocenters. The van der Waals surface area contributed by atoms with Crippen molar-refractivity contribution in [3.8, 4) is 6.07 Å². The van der Waals surface area contributed by atoms with Crippen LogP contribution in [0.15, 0.2) is 5.10 Å². The Morgan fingerprint density at radius 1 is 1.69 bits per heavy atom. The fourth-order valence-corrected chi connectivity index (χ4v) is 0.457. The van der Waals surface area contributed by atoms with Crippen LogP contribution in [0.2, 0.25) is 0 Å². The highest BCUT2D eigenvalue weighted by atomic mass is 16.5. The largest absolute Gasteiger partial charge is 0.450 e. The topological polar surface area (TPSA) is 118 Å². The molecule has 0 fully saturated rings. The van der Waals surface area contributed by atoms with Crippen LogP contribution >= 0.6 is 0 Å². The average molecular weight is 184 g/mol. The first-order valence-corrected chi connectivity index (χ1v) is 3.31. The van der Waals surface area contributed by atoms with Gasteiger partial charge in [0.05, 0.1) is 6.61 Å². The zero-order valence-electron chi connectivity index (χ0n) is 6.90. The van der Waals surface area contributed by atoms with Gasteiger partial charge >= 0.3 is 6.09 Å². The van der Waals surface area contributed by atoms with Gasteiger partial charge in [0.2, 0.25) is 5.71 Å². The van der Waals surface area contributed by atoms with E-state index in [-0.39, 0.29) is 6.61 Å². The van der Waals surface area contributed by atoms with E-state index in [1.165, 1.54) is 6.07 Å². The fraction of sp³-hybridized carbons (Fsp3) is 0.333. The summed E-state index contributed by atoms with van der Waals surface area (Å²) in [4.78, 5) is 21.5. The van der Waals surface area contributed by atoms with Gasteiger partial charge in [-0.15, -0.1) is 0 Å². The number of hydrogen-bond donors (Lipinski definition) is 2. The van der Waals surface area contributed by atoms with Crippen molar-refractivity contribution >= 4 is 17.7 Å². The van der Waals surface area contributed by atoms with Gasteiger partial charge in [-0.3, -0.25) is 10.1 Å². The van der Waals surface area contributed by atoms with Gasteiger partial charge in [0.25, 0.3) is 5.91 Å². The van der Waals surface area contributed by atoms with Gasteiger partial charge < -0.3 is 10.6 Å². The minimum Gasteiger partial charge on any atom is -0.450 e. The highest BCUT2D eigenvalue weighted by Gasteiger charge is 2.14. The van der Waals surface area contributed by atoms with Crippen LogP contribution in [0.25, 0.3) is 0 Å². The Morgan fingerprint density at radius 2 is 2.31 bits per heavy atom. The van der Waals surface area contributed by atoms with Gasteiger partial charge in [0.1, 0.15) is 6.07 Å². The van der Waals surface area contributed by atoms with Crippen molar-refractivity contribution in [2.75, 3.05) is 6.61 Å². The first-order chi connectivity index (χ1) is 6.15. The lowest BCUT2D eigenvalue weighted by molar-refractivity contribution is -0.114. The van der Waals surface area contributed by atoms with E-state index >= 15 is 0 Å². The van der Waals surface area contributed by atoms with E-state index in [2.05, 4.69) is 15.7 Å². The number of carbonyl (C=O) groups excluding carboxylic acids is 2. The van der Waals surface area contributed by atoms with E-state index < -0.39 is 17.7 Å². The van der Waals surface area contributed by atoms with Crippen LogP contribution in [-0.4, -0.2) is 24.3 Å². The molecule has 2 amide bonds. The van der Waals surface area contributed by atoms with Crippen LogP contribution in [0.5, 0.6) is 0 Å². The first kappa shape index (κ1) is 10.9. The fourth-order valence-electron chi connectivity index (χ4n) is 0.457. The summed E-state index contributed by atoms with van der Waals surface area (Å²) < 4.78 is 4.38. The van der Waals surface area contributed by atoms with Crippen molar-refractivity contribution in [1.82, 2.24) is 5.32 Å². The molecule has 0 spiro atoms. The van der Waals surface area contributed by atoms with Crippen LogP contribution in [0.3, 0.4) is 0 Å². The summed E-state index contributed by atoms with van der Waals surface area (Å²) in [5.41, 5.74) is -0.590. The number of nitriles is 1. The summed E-state index contributed by atoms with van der Waals surface area (Å²) in [6.45, 7) is 1.70. The number of nitrogens with zero attached hydrogens (tertiary/aromatic N) is 2. The maximum atomic E-state index is 10.8. The molecular formula is C6H8N4O3. The number of nitrogens with one attached hydrogen (secondary N) is 1. The molecule has 0 radical (unpaired) electrons. The zero-order valence-corrected chi connectivity index (χ0v) is 6.90. The zero-order chi connectivity index (χ0) is 10.3. The second-order valence-electron chi connectivity index (χ2n) is 1.76. The quantitative estimate of drug-likeness (QED) is 0.327. The molecule has 0 aliphatic carbocycles. The van der Waals surface area contributed by atoms with Gasteiger partial charge in [0.15, 0.2) is 0 Å². The maximum Gasteiger partial charge on any atom is 0.414 e. The molecule has 0 bridgehead atoms. The number of rotatable bonds is 2. The molecule has 7 nitrogen and oxygen atoms in total. The Hall–Kier alpha value is -2.10. The van der Waals surface area contributed by atoms with Crippen LogP contribution in [0.4, 0.5) is 4.79 Å². The number of imide groups is 1. The SMILES string of the molecule is CCOC(=O)NC(=O)C(C#N)=NN. The second kappa shape index (κ2) is 5.54. The predicted octanol–water partition coefficient (Wildman–Crippen LogP) is -0.903. The molecule has 0 rings (SSSR count). The number of carbonyl (C=O) groups is 2. The molecular weight excluding hydrogens is 176 g/mol. The summed E-state index contributed by atoms with van der Waals surface area (Å²) in [6, 6.07) is 1.40. The summed E-state index contributed by atoms with van der Waals surface area (Å²) in [6.07, 6.45) is -0.941. The molecule has 3 N–H and O–H groups in total. The van der Waals surface area contributed by atoms with Crippen molar-refractivity contribution in [3.63, 3.8) is 0 Å². The molecule has 0 saturated heterocycles.